The summed E-state index contributed by atoms with van der Waals surface area (Å²) in [5.74, 6) is 0.546. The lowest BCUT2D eigenvalue weighted by Gasteiger charge is -2.20. The topological polar surface area (TPSA) is 49.3 Å². The third-order valence-corrected chi connectivity index (χ3v) is 4.49. The Balaban J connectivity index is 1.88. The van der Waals surface area contributed by atoms with E-state index in [2.05, 4.69) is 5.32 Å². The second-order valence-corrected chi connectivity index (χ2v) is 6.79. The van der Waals surface area contributed by atoms with Gasteiger partial charge < -0.3 is 10.4 Å². The van der Waals surface area contributed by atoms with Gasteiger partial charge in [-0.15, -0.1) is 0 Å². The molecule has 0 radical (unpaired) electrons. The van der Waals surface area contributed by atoms with Crippen LogP contribution in [0.15, 0.2) is 24.3 Å². The Hall–Kier alpha value is -0.710. The molecule has 1 amide bonds. The van der Waals surface area contributed by atoms with E-state index in [0.29, 0.717) is 6.42 Å². The van der Waals surface area contributed by atoms with Crippen LogP contribution in [0.25, 0.3) is 0 Å². The number of hydrogen-bond donors (Lipinski definition) is 2. The van der Waals surface area contributed by atoms with Crippen molar-refractivity contribution < 1.29 is 9.90 Å². The van der Waals surface area contributed by atoms with Crippen molar-refractivity contribution in [1.82, 2.24) is 5.32 Å². The zero-order valence-corrected chi connectivity index (χ0v) is 13.1. The number of aliphatic hydroxyl groups excluding tert-OH is 1. The number of rotatable bonds is 7. The molecule has 1 atom stereocenters. The first kappa shape index (κ1) is 15.7. The minimum atomic E-state index is -0.898. The van der Waals surface area contributed by atoms with E-state index in [9.17, 15) is 9.90 Å². The van der Waals surface area contributed by atoms with Crippen LogP contribution in [-0.2, 0) is 11.2 Å². The van der Waals surface area contributed by atoms with Crippen LogP contribution in [0.5, 0.6) is 0 Å². The summed E-state index contributed by atoms with van der Waals surface area (Å²) in [6.45, 7) is 0. The molecule has 1 saturated carbocycles. The zero-order chi connectivity index (χ0) is 14.6. The molecule has 3 nitrogen and oxygen atoms in total. The van der Waals surface area contributed by atoms with Crippen LogP contribution < -0.4 is 5.32 Å². The molecule has 2 N–H and O–H groups in total. The highest BCUT2D eigenvalue weighted by atomic mass is 35.5. The first-order chi connectivity index (χ1) is 9.54. The quantitative estimate of drug-likeness (QED) is 0.813. The van der Waals surface area contributed by atoms with Crippen molar-refractivity contribution in [2.75, 3.05) is 12.0 Å². The van der Waals surface area contributed by atoms with E-state index in [1.165, 1.54) is 0 Å². The van der Waals surface area contributed by atoms with Gasteiger partial charge in [0.15, 0.2) is 0 Å². The van der Waals surface area contributed by atoms with E-state index in [1.807, 2.05) is 30.5 Å². The summed E-state index contributed by atoms with van der Waals surface area (Å²) in [6.07, 6.45) is 4.31. The van der Waals surface area contributed by atoms with Crippen molar-refractivity contribution in [3.63, 3.8) is 0 Å². The van der Waals surface area contributed by atoms with Crippen LogP contribution in [-0.4, -0.2) is 34.7 Å². The van der Waals surface area contributed by atoms with Crippen molar-refractivity contribution in [3.05, 3.63) is 34.9 Å². The summed E-state index contributed by atoms with van der Waals surface area (Å²) >= 11 is 7.50. The average Bonchev–Trinajstić information content (AvgIpc) is 3.18. The van der Waals surface area contributed by atoms with Gasteiger partial charge in [0.2, 0.25) is 5.91 Å². The van der Waals surface area contributed by atoms with E-state index < -0.39 is 6.10 Å². The molecule has 0 aliphatic heterocycles. The molecular formula is C15H20ClNO2S. The molecule has 2 rings (SSSR count). The van der Waals surface area contributed by atoms with Crippen LogP contribution in [0, 0.1) is 0 Å². The summed E-state index contributed by atoms with van der Waals surface area (Å²) in [4.78, 5) is 12.0. The molecule has 0 bridgehead atoms. The molecule has 110 valence electrons. The largest absolute Gasteiger partial charge is 0.383 e. The molecular weight excluding hydrogens is 294 g/mol. The SMILES string of the molecule is CSCCC(O)C(=O)NC1(Cc2ccc(Cl)cc2)CC1. The Kier molecular flexibility index (Phi) is 5.35. The third-order valence-electron chi connectivity index (χ3n) is 3.60. The van der Waals surface area contributed by atoms with Crippen molar-refractivity contribution >= 4 is 29.3 Å². The summed E-state index contributed by atoms with van der Waals surface area (Å²) in [5.41, 5.74) is 0.997. The number of hydrogen-bond acceptors (Lipinski definition) is 3. The van der Waals surface area contributed by atoms with Crippen LogP contribution in [0.4, 0.5) is 0 Å². The lowest BCUT2D eigenvalue weighted by atomic mass is 10.0. The van der Waals surface area contributed by atoms with Gasteiger partial charge in [-0.1, -0.05) is 23.7 Å². The highest BCUT2D eigenvalue weighted by Gasteiger charge is 2.44. The fourth-order valence-corrected chi connectivity index (χ4v) is 2.78. The van der Waals surface area contributed by atoms with Gasteiger partial charge in [0.25, 0.3) is 0 Å². The Morgan fingerprint density at radius 3 is 2.65 bits per heavy atom. The van der Waals surface area contributed by atoms with Gasteiger partial charge in [0.1, 0.15) is 6.10 Å². The van der Waals surface area contributed by atoms with Gasteiger partial charge >= 0.3 is 0 Å². The lowest BCUT2D eigenvalue weighted by molar-refractivity contribution is -0.130. The number of thioether (sulfide) groups is 1. The highest BCUT2D eigenvalue weighted by Crippen LogP contribution is 2.38. The Morgan fingerprint density at radius 2 is 2.10 bits per heavy atom. The van der Waals surface area contributed by atoms with E-state index >= 15 is 0 Å². The number of aliphatic hydroxyl groups is 1. The van der Waals surface area contributed by atoms with Gasteiger partial charge in [-0.2, -0.15) is 11.8 Å². The van der Waals surface area contributed by atoms with Gasteiger partial charge in [0, 0.05) is 10.6 Å². The van der Waals surface area contributed by atoms with Crippen LogP contribution in [0.1, 0.15) is 24.8 Å². The predicted octanol–water partition coefficient (Wildman–Crippen LogP) is 2.65. The molecule has 0 spiro atoms. The third kappa shape index (κ3) is 4.40. The first-order valence-electron chi connectivity index (χ1n) is 6.78. The number of benzene rings is 1. The van der Waals surface area contributed by atoms with Crippen molar-refractivity contribution in [3.8, 4) is 0 Å². The second-order valence-electron chi connectivity index (χ2n) is 5.37. The van der Waals surface area contributed by atoms with Gasteiger partial charge in [-0.25, -0.2) is 0 Å². The Morgan fingerprint density at radius 1 is 1.45 bits per heavy atom. The smallest absolute Gasteiger partial charge is 0.249 e. The molecule has 1 unspecified atom stereocenters. The molecule has 1 aliphatic rings. The summed E-state index contributed by atoms with van der Waals surface area (Å²) in [5, 5.41) is 13.5. The normalized spacial score (nSPS) is 17.6. The summed E-state index contributed by atoms with van der Waals surface area (Å²) in [6, 6.07) is 7.70. The molecule has 1 aromatic carbocycles. The molecule has 0 saturated heterocycles. The number of carbonyl (C=O) groups is 1. The van der Waals surface area contributed by atoms with Gasteiger partial charge in [-0.05, 0) is 55.4 Å². The minimum Gasteiger partial charge on any atom is -0.383 e. The van der Waals surface area contributed by atoms with Gasteiger partial charge in [0.05, 0.1) is 0 Å². The summed E-state index contributed by atoms with van der Waals surface area (Å²) in [7, 11) is 0. The molecule has 1 aromatic rings. The van der Waals surface area contributed by atoms with Gasteiger partial charge in [-0.3, -0.25) is 4.79 Å². The monoisotopic (exact) mass is 313 g/mol. The fraction of sp³-hybridized carbons (Fsp3) is 0.533. The fourth-order valence-electron chi connectivity index (χ4n) is 2.20. The molecule has 5 heteroatoms. The van der Waals surface area contributed by atoms with Crippen molar-refractivity contribution in [1.29, 1.82) is 0 Å². The van der Waals surface area contributed by atoms with Crippen LogP contribution >= 0.6 is 23.4 Å². The number of halogens is 1. The summed E-state index contributed by atoms with van der Waals surface area (Å²) < 4.78 is 0. The second kappa shape index (κ2) is 6.83. The Bertz CT molecular complexity index is 459. The Labute approximate surface area is 129 Å². The van der Waals surface area contributed by atoms with E-state index in [0.717, 1.165) is 35.6 Å². The van der Waals surface area contributed by atoms with Crippen LogP contribution in [0.3, 0.4) is 0 Å². The maximum Gasteiger partial charge on any atom is 0.249 e. The maximum atomic E-state index is 12.0. The van der Waals surface area contributed by atoms with E-state index in [-0.39, 0.29) is 11.4 Å². The molecule has 1 fully saturated rings. The molecule has 0 heterocycles. The lowest BCUT2D eigenvalue weighted by Crippen LogP contribution is -2.44. The van der Waals surface area contributed by atoms with E-state index in [1.54, 1.807) is 11.8 Å². The first-order valence-corrected chi connectivity index (χ1v) is 8.55. The molecule has 0 aromatic heterocycles. The standard InChI is InChI=1S/C15H20ClNO2S/c1-20-9-6-13(18)14(19)17-15(7-8-15)10-11-2-4-12(16)5-3-11/h2-5,13,18H,6-10H2,1H3,(H,17,19). The van der Waals surface area contributed by atoms with Crippen molar-refractivity contribution in [2.24, 2.45) is 0 Å². The molecule has 20 heavy (non-hydrogen) atoms. The minimum absolute atomic E-state index is 0.161. The average molecular weight is 314 g/mol. The van der Waals surface area contributed by atoms with Crippen molar-refractivity contribution in [2.45, 2.75) is 37.3 Å². The predicted molar refractivity (Wildman–Crippen MR) is 84.3 cm³/mol. The highest BCUT2D eigenvalue weighted by molar-refractivity contribution is 7.98. The number of nitrogens with one attached hydrogen (secondary N) is 1. The van der Waals surface area contributed by atoms with Crippen LogP contribution in [0.2, 0.25) is 5.02 Å². The maximum absolute atomic E-state index is 12.0. The number of carbonyl (C=O) groups excluding carboxylic acids is 1. The van der Waals surface area contributed by atoms with E-state index in [4.69, 9.17) is 11.6 Å². The number of amides is 1. The zero-order valence-electron chi connectivity index (χ0n) is 11.6. The molecule has 1 aliphatic carbocycles.